The van der Waals surface area contributed by atoms with Crippen molar-refractivity contribution in [1.82, 2.24) is 19.0 Å². The van der Waals surface area contributed by atoms with Crippen LogP contribution in [0, 0.1) is 12.7 Å². The molecular weight excluding hydrogens is 484 g/mol. The van der Waals surface area contributed by atoms with Gasteiger partial charge in [-0.1, -0.05) is 0 Å². The molecule has 1 amide bonds. The average molecular weight is 504 g/mol. The summed E-state index contributed by atoms with van der Waals surface area (Å²) in [6, 6.07) is 4.90. The van der Waals surface area contributed by atoms with Gasteiger partial charge in [0.25, 0.3) is 11.5 Å². The lowest BCUT2D eigenvalue weighted by Gasteiger charge is -2.32. The number of hydrogen-bond acceptors (Lipinski definition) is 5. The van der Waals surface area contributed by atoms with E-state index < -0.39 is 34.9 Å². The molecule has 0 N–H and O–H groups in total. The van der Waals surface area contributed by atoms with Crippen molar-refractivity contribution >= 4 is 5.91 Å². The molecule has 0 saturated heterocycles. The highest BCUT2D eigenvalue weighted by atomic mass is 19.4. The van der Waals surface area contributed by atoms with Crippen LogP contribution in [0.15, 0.2) is 41.6 Å². The predicted molar refractivity (Wildman–Crippen MR) is 117 cm³/mol. The number of aryl methyl sites for hydroxylation is 1. The number of rotatable bonds is 4. The molecule has 4 heterocycles. The summed E-state index contributed by atoms with van der Waals surface area (Å²) in [6.07, 6.45) is -1.34. The van der Waals surface area contributed by atoms with Crippen LogP contribution in [0.25, 0.3) is 5.69 Å². The smallest absolute Gasteiger partial charge is 0.483 e. The molecule has 12 heteroatoms. The van der Waals surface area contributed by atoms with Crippen LogP contribution >= 0.6 is 0 Å². The Labute approximate surface area is 201 Å². The second kappa shape index (κ2) is 7.11. The van der Waals surface area contributed by atoms with E-state index in [9.17, 15) is 27.2 Å². The minimum Gasteiger partial charge on any atom is -0.483 e. The van der Waals surface area contributed by atoms with Crippen molar-refractivity contribution in [1.29, 1.82) is 0 Å². The average Bonchev–Trinajstić information content (AvgIpc) is 3.03. The minimum atomic E-state index is -4.98. The standard InChI is InChI=1S/C24H20F4N4O4/c1-13-9-31(12-29-13)17-3-4-18-20(33)30(5-6-32(18)21(17)34)11-23-10-22(23,2)36-19-15(23)7-14(8-16(19)25)35-24(26,27)28/h3-4,7-9,12H,5-6,10-11H2,1-2H3/t22-,23+/m1/s1. The van der Waals surface area contributed by atoms with Gasteiger partial charge in [0.1, 0.15) is 22.7 Å². The first-order chi connectivity index (χ1) is 16.9. The van der Waals surface area contributed by atoms with E-state index in [0.717, 1.165) is 11.8 Å². The Bertz CT molecular complexity index is 1500. The van der Waals surface area contributed by atoms with E-state index in [1.54, 1.807) is 36.7 Å². The molecule has 8 nitrogen and oxygen atoms in total. The lowest BCUT2D eigenvalue weighted by atomic mass is 9.92. The van der Waals surface area contributed by atoms with E-state index in [2.05, 4.69) is 9.72 Å². The van der Waals surface area contributed by atoms with Crippen molar-refractivity contribution < 1.29 is 31.8 Å². The summed E-state index contributed by atoms with van der Waals surface area (Å²) < 4.78 is 65.7. The van der Waals surface area contributed by atoms with E-state index in [0.29, 0.717) is 18.2 Å². The Morgan fingerprint density at radius 2 is 1.97 bits per heavy atom. The van der Waals surface area contributed by atoms with Gasteiger partial charge in [-0.3, -0.25) is 9.59 Å². The number of benzene rings is 1. The molecule has 0 radical (unpaired) electrons. The fourth-order valence-electron chi connectivity index (χ4n) is 5.49. The van der Waals surface area contributed by atoms with Gasteiger partial charge in [-0.15, -0.1) is 13.2 Å². The van der Waals surface area contributed by atoms with Gasteiger partial charge in [-0.05, 0) is 32.0 Å². The van der Waals surface area contributed by atoms with E-state index in [-0.39, 0.29) is 42.2 Å². The normalized spacial score (nSPS) is 24.2. The Kier molecular flexibility index (Phi) is 4.47. The SMILES string of the molecule is Cc1cn(-c2ccc3n(c2=O)CCN(C[C@]24C[C@@]2(C)Oc2c(F)cc(OC(F)(F)F)cc24)C3=O)cn1. The molecule has 3 aliphatic rings. The van der Waals surface area contributed by atoms with Gasteiger partial charge in [-0.25, -0.2) is 9.37 Å². The van der Waals surface area contributed by atoms with Crippen molar-refractivity contribution in [2.75, 3.05) is 13.1 Å². The van der Waals surface area contributed by atoms with Gasteiger partial charge in [0.15, 0.2) is 11.6 Å². The second-order valence-corrected chi connectivity index (χ2v) is 9.63. The highest BCUT2D eigenvalue weighted by Crippen LogP contribution is 2.68. The van der Waals surface area contributed by atoms with Crippen molar-refractivity contribution in [3.8, 4) is 17.2 Å². The molecule has 1 saturated carbocycles. The van der Waals surface area contributed by atoms with Crippen molar-refractivity contribution in [2.24, 2.45) is 0 Å². The van der Waals surface area contributed by atoms with Crippen LogP contribution in [0.3, 0.4) is 0 Å². The summed E-state index contributed by atoms with van der Waals surface area (Å²) in [5, 5.41) is 0. The van der Waals surface area contributed by atoms with Gasteiger partial charge >= 0.3 is 6.36 Å². The zero-order valence-electron chi connectivity index (χ0n) is 19.2. The summed E-state index contributed by atoms with van der Waals surface area (Å²) in [4.78, 5) is 32.1. The Morgan fingerprint density at radius 1 is 1.19 bits per heavy atom. The molecule has 0 bridgehead atoms. The molecule has 1 aliphatic carbocycles. The monoisotopic (exact) mass is 504 g/mol. The third-order valence-corrected chi connectivity index (χ3v) is 7.32. The highest BCUT2D eigenvalue weighted by Gasteiger charge is 2.73. The largest absolute Gasteiger partial charge is 0.573 e. The summed E-state index contributed by atoms with van der Waals surface area (Å²) in [5.41, 5.74) is -0.548. The number of fused-ring (bicyclic) bond motifs is 4. The number of pyridine rings is 1. The molecule has 36 heavy (non-hydrogen) atoms. The minimum absolute atomic E-state index is 0.0981. The first kappa shape index (κ1) is 22.6. The maximum Gasteiger partial charge on any atom is 0.573 e. The highest BCUT2D eigenvalue weighted by molar-refractivity contribution is 5.93. The third-order valence-electron chi connectivity index (χ3n) is 7.32. The molecule has 0 spiro atoms. The Morgan fingerprint density at radius 3 is 2.67 bits per heavy atom. The number of imidazole rings is 1. The van der Waals surface area contributed by atoms with Crippen molar-refractivity contribution in [2.45, 2.75) is 44.2 Å². The van der Waals surface area contributed by atoms with Gasteiger partial charge < -0.3 is 23.5 Å². The molecule has 2 aromatic heterocycles. The Balaban J connectivity index is 1.32. The number of amides is 1. The van der Waals surface area contributed by atoms with Crippen LogP contribution in [0.5, 0.6) is 11.5 Å². The van der Waals surface area contributed by atoms with Crippen LogP contribution in [-0.4, -0.2) is 50.0 Å². The molecule has 2 atom stereocenters. The van der Waals surface area contributed by atoms with Gasteiger partial charge in [0, 0.05) is 43.9 Å². The lowest BCUT2D eigenvalue weighted by Crippen LogP contribution is -2.48. The third kappa shape index (κ3) is 3.23. The maximum atomic E-state index is 14.6. The zero-order chi connectivity index (χ0) is 25.6. The van der Waals surface area contributed by atoms with Gasteiger partial charge in [0.2, 0.25) is 0 Å². The quantitative estimate of drug-likeness (QED) is 0.510. The number of aromatic nitrogens is 3. The van der Waals surface area contributed by atoms with Gasteiger partial charge in [0.05, 0.1) is 17.4 Å². The molecule has 6 rings (SSSR count). The number of alkyl halides is 3. The van der Waals surface area contributed by atoms with Crippen LogP contribution in [-0.2, 0) is 12.0 Å². The number of nitrogens with zero attached hydrogens (tertiary/aromatic N) is 4. The van der Waals surface area contributed by atoms with Crippen molar-refractivity contribution in [3.63, 3.8) is 0 Å². The molecule has 3 aromatic rings. The summed E-state index contributed by atoms with van der Waals surface area (Å²) in [7, 11) is 0. The fourth-order valence-corrected chi connectivity index (χ4v) is 5.49. The number of halogens is 4. The van der Waals surface area contributed by atoms with Gasteiger partial charge in [-0.2, -0.15) is 0 Å². The lowest BCUT2D eigenvalue weighted by molar-refractivity contribution is -0.274. The molecule has 2 aliphatic heterocycles. The first-order valence-electron chi connectivity index (χ1n) is 11.2. The molecule has 188 valence electrons. The van der Waals surface area contributed by atoms with E-state index in [4.69, 9.17) is 4.74 Å². The van der Waals surface area contributed by atoms with E-state index in [1.165, 1.54) is 15.8 Å². The number of carbonyl (C=O) groups is 1. The number of carbonyl (C=O) groups excluding carboxylic acids is 1. The molecule has 0 unspecified atom stereocenters. The summed E-state index contributed by atoms with van der Waals surface area (Å²) >= 11 is 0. The maximum absolute atomic E-state index is 14.6. The van der Waals surface area contributed by atoms with Crippen molar-refractivity contribution in [3.05, 3.63) is 69.9 Å². The number of hydrogen-bond donors (Lipinski definition) is 0. The Hall–Kier alpha value is -3.83. The topological polar surface area (TPSA) is 78.6 Å². The fraction of sp³-hybridized carbons (Fsp3) is 0.375. The van der Waals surface area contributed by atoms with Crippen LogP contribution < -0.4 is 15.0 Å². The number of ether oxygens (including phenoxy) is 2. The summed E-state index contributed by atoms with van der Waals surface area (Å²) in [6.45, 7) is 4.07. The molecule has 1 fully saturated rings. The zero-order valence-corrected chi connectivity index (χ0v) is 19.2. The van der Waals surface area contributed by atoms with E-state index >= 15 is 0 Å². The first-order valence-corrected chi connectivity index (χ1v) is 11.2. The van der Waals surface area contributed by atoms with Crippen LogP contribution in [0.4, 0.5) is 17.6 Å². The van der Waals surface area contributed by atoms with Crippen LogP contribution in [0.1, 0.15) is 35.1 Å². The second-order valence-electron chi connectivity index (χ2n) is 9.63. The molecule has 1 aromatic carbocycles. The molecular formula is C24H20F4N4O4. The predicted octanol–water partition coefficient (Wildman–Crippen LogP) is 3.33. The van der Waals surface area contributed by atoms with Crippen LogP contribution in [0.2, 0.25) is 0 Å². The van der Waals surface area contributed by atoms with E-state index in [1.807, 2.05) is 0 Å². The summed E-state index contributed by atoms with van der Waals surface area (Å²) in [5.74, 6) is -2.16.